The summed E-state index contributed by atoms with van der Waals surface area (Å²) < 4.78 is 0. The highest BCUT2D eigenvalue weighted by atomic mass is 35.5. The van der Waals surface area contributed by atoms with E-state index in [1.54, 1.807) is 5.56 Å². The van der Waals surface area contributed by atoms with Crippen molar-refractivity contribution in [3.63, 3.8) is 0 Å². The predicted molar refractivity (Wildman–Crippen MR) is 476 cm³/mol. The Morgan fingerprint density at radius 1 is 0.273 bits per heavy atom. The number of nitrogens with zero attached hydrogens (tertiary/aromatic N) is 12. The molecular formula is C96H112BClN12. The standard InChI is InChI=1S/C48H55BN6.C48H57ClN6/c1-50(2)35-9-13-37(14-10-35)54-43-19-17-39(52(5)6)26-41(43)49-42-27-40(53(7)8)18-20-44(42)55(38-15-11-36(12-16-38)51(3)4)46-25-34(24-45(54)47(46)49)48-28-31-21-32(29-48)23-33(22-31)30-48;1-50(2)37-9-17-41(18-10-37)54(42-19-11-38(12-20-42)51(3)4)45-28-36(48-30-33-25-34(31-48)27-35(26-33)32-48)29-46(47(45)49)55(43-21-13-39(14-22-43)52(5)6)44-23-15-40(16-24-44)53(7)8/h9-20,24-27,31-33H,21-23,28-30H2,1-8H3;9-24,28-29,33-35H,25-27,30-32H2,1-8H3. The lowest BCUT2D eigenvalue weighted by atomic mass is 9.33. The molecule has 2 heterocycles. The molecule has 0 radical (unpaired) electrons. The van der Waals surface area contributed by atoms with Crippen LogP contribution < -0.4 is 75.2 Å². The first kappa shape index (κ1) is 73.0. The van der Waals surface area contributed by atoms with Crippen LogP contribution >= 0.6 is 11.6 Å². The average Bonchev–Trinajstić information content (AvgIpc) is 0.689. The minimum atomic E-state index is 0.0785. The third-order valence-corrected chi connectivity index (χ3v) is 27.0. The lowest BCUT2D eigenvalue weighted by molar-refractivity contribution is -0.00526. The topological polar surface area (TPSA) is 38.9 Å². The molecule has 0 N–H and O–H groups in total. The number of hydrogen-bond acceptors (Lipinski definition) is 12. The first-order valence-electron chi connectivity index (χ1n) is 40.4. The van der Waals surface area contributed by atoms with Crippen LogP contribution in [-0.4, -0.2) is 119 Å². The Bertz CT molecular complexity index is 4550. The van der Waals surface area contributed by atoms with Gasteiger partial charge in [-0.3, -0.25) is 0 Å². The second-order valence-electron chi connectivity index (χ2n) is 35.7. The van der Waals surface area contributed by atoms with Crippen LogP contribution in [0.5, 0.6) is 0 Å². The van der Waals surface area contributed by atoms with E-state index in [0.29, 0.717) is 0 Å². The molecule has 8 fully saturated rings. The van der Waals surface area contributed by atoms with Gasteiger partial charge in [0.1, 0.15) is 0 Å². The van der Waals surface area contributed by atoms with Crippen LogP contribution in [0.4, 0.5) is 114 Å². The number of halogens is 1. The maximum atomic E-state index is 7.99. The zero-order chi connectivity index (χ0) is 76.5. The quantitative estimate of drug-likeness (QED) is 0.0769. The van der Waals surface area contributed by atoms with E-state index in [4.69, 9.17) is 11.6 Å². The van der Waals surface area contributed by atoms with Crippen molar-refractivity contribution in [3.05, 3.63) is 222 Å². The number of hydrogen-bond donors (Lipinski definition) is 0. The summed E-state index contributed by atoms with van der Waals surface area (Å²) >= 11 is 7.99. The van der Waals surface area contributed by atoms with Crippen LogP contribution in [0.25, 0.3) is 0 Å². The molecule has 0 saturated heterocycles. The maximum absolute atomic E-state index is 7.99. The van der Waals surface area contributed by atoms with Crippen molar-refractivity contribution in [2.75, 3.05) is 172 Å². The average molecular weight is 1480 g/mol. The van der Waals surface area contributed by atoms with Gasteiger partial charge in [-0.05, 0) is 357 Å². The van der Waals surface area contributed by atoms with Gasteiger partial charge in [-0.25, -0.2) is 0 Å². The van der Waals surface area contributed by atoms with E-state index < -0.39 is 0 Å². The number of rotatable bonds is 18. The summed E-state index contributed by atoms with van der Waals surface area (Å²) in [5.41, 5.74) is 31.0. The van der Waals surface area contributed by atoms with Crippen LogP contribution in [-0.2, 0) is 10.8 Å². The molecule has 12 nitrogen and oxygen atoms in total. The van der Waals surface area contributed by atoms with Gasteiger partial charge in [0.15, 0.2) is 0 Å². The summed E-state index contributed by atoms with van der Waals surface area (Å²) in [5.74, 6) is 5.05. The van der Waals surface area contributed by atoms with E-state index in [-0.39, 0.29) is 17.5 Å². The van der Waals surface area contributed by atoms with Crippen LogP contribution in [0.15, 0.2) is 206 Å². The van der Waals surface area contributed by atoms with Crippen LogP contribution in [0.2, 0.25) is 5.02 Å². The summed E-state index contributed by atoms with van der Waals surface area (Å²) in [5, 5.41) is 0.732. The molecule has 110 heavy (non-hydrogen) atoms. The van der Waals surface area contributed by atoms with Crippen molar-refractivity contribution >= 4 is 148 Å². The summed E-state index contributed by atoms with van der Waals surface area (Å²) in [4.78, 5) is 27.5. The van der Waals surface area contributed by atoms with Crippen molar-refractivity contribution < 1.29 is 0 Å². The normalized spacial score (nSPS) is 21.8. The molecule has 20 rings (SSSR count). The Hall–Kier alpha value is -9.85. The minimum Gasteiger partial charge on any atom is -0.378 e. The second kappa shape index (κ2) is 28.5. The molecule has 10 aromatic carbocycles. The highest BCUT2D eigenvalue weighted by molar-refractivity contribution is 7.00. The van der Waals surface area contributed by atoms with Gasteiger partial charge in [0.25, 0.3) is 6.71 Å². The van der Waals surface area contributed by atoms with Crippen molar-refractivity contribution in [2.45, 2.75) is 87.9 Å². The summed E-state index contributed by atoms with van der Waals surface area (Å²) in [6.45, 7) is 0.0785. The van der Waals surface area contributed by atoms with E-state index in [0.717, 1.165) is 97.4 Å². The molecule has 566 valence electrons. The Morgan fingerprint density at radius 3 is 0.755 bits per heavy atom. The number of benzene rings is 10. The summed E-state index contributed by atoms with van der Waals surface area (Å²) in [6.07, 6.45) is 16.3. The third kappa shape index (κ3) is 13.1. The fourth-order valence-corrected chi connectivity index (χ4v) is 22.1. The first-order chi connectivity index (χ1) is 52.9. The van der Waals surface area contributed by atoms with Gasteiger partial charge in [0.05, 0.1) is 16.4 Å². The Labute approximate surface area is 661 Å². The number of fused-ring (bicyclic) bond motifs is 4. The lowest BCUT2D eigenvalue weighted by Crippen LogP contribution is -2.61. The van der Waals surface area contributed by atoms with Crippen LogP contribution in [0.3, 0.4) is 0 Å². The van der Waals surface area contributed by atoms with Gasteiger partial charge >= 0.3 is 0 Å². The zero-order valence-electron chi connectivity index (χ0n) is 67.9. The molecule has 0 aromatic heterocycles. The summed E-state index contributed by atoms with van der Waals surface area (Å²) in [7, 11) is 33.9. The van der Waals surface area contributed by atoms with E-state index in [1.807, 2.05) is 0 Å². The predicted octanol–water partition coefficient (Wildman–Crippen LogP) is 20.5. The van der Waals surface area contributed by atoms with Crippen molar-refractivity contribution in [3.8, 4) is 0 Å². The van der Waals surface area contributed by atoms with Crippen molar-refractivity contribution in [2.24, 2.45) is 35.5 Å². The largest absolute Gasteiger partial charge is 0.378 e. The lowest BCUT2D eigenvalue weighted by Gasteiger charge is -2.57. The van der Waals surface area contributed by atoms with Crippen LogP contribution in [0.1, 0.15) is 88.2 Å². The van der Waals surface area contributed by atoms with E-state index in [2.05, 4.69) is 378 Å². The summed E-state index contributed by atoms with van der Waals surface area (Å²) in [6, 6.07) is 78.7. The molecular weight excluding hydrogens is 1370 g/mol. The first-order valence-corrected chi connectivity index (χ1v) is 40.7. The Morgan fingerprint density at radius 2 is 0.500 bits per heavy atom. The van der Waals surface area contributed by atoms with Gasteiger partial charge < -0.3 is 58.8 Å². The van der Waals surface area contributed by atoms with Gasteiger partial charge in [-0.15, -0.1) is 0 Å². The highest BCUT2D eigenvalue weighted by Gasteiger charge is 2.55. The third-order valence-electron chi connectivity index (χ3n) is 26.6. The smallest absolute Gasteiger partial charge is 0.252 e. The molecule has 0 amide bonds. The van der Waals surface area contributed by atoms with E-state index >= 15 is 0 Å². The SMILES string of the molecule is CN(C)c1ccc(N(c2ccc(N(C)C)cc2)c2cc(C34CC5CC(CC(C5)C3)C4)cc(N(c3ccc(N(C)C)cc3)c3ccc(N(C)C)cc3)c2Cl)cc1.CN(C)c1ccc(N2c3ccc(N(C)C)cc3B3c4cc(N(C)C)ccc4N(c4ccc(N(C)C)cc4)c4cc(C56CC7CC(CC(C7)C5)C6)cc2c43)cc1. The fraction of sp³-hybridized carbons (Fsp3) is 0.375. The van der Waals surface area contributed by atoms with Gasteiger partial charge in [0, 0.05) is 215 Å². The molecule has 14 heteroatoms. The van der Waals surface area contributed by atoms with Gasteiger partial charge in [-0.1, -0.05) is 11.6 Å². The van der Waals surface area contributed by atoms with Crippen molar-refractivity contribution in [1.82, 2.24) is 0 Å². The molecule has 0 atom stereocenters. The Kier molecular flexibility index (Phi) is 18.9. The maximum Gasteiger partial charge on any atom is 0.252 e. The fourth-order valence-electron chi connectivity index (χ4n) is 21.8. The van der Waals surface area contributed by atoms with Crippen molar-refractivity contribution in [1.29, 1.82) is 0 Å². The van der Waals surface area contributed by atoms with Crippen LogP contribution in [0, 0.1) is 35.5 Å². The zero-order valence-corrected chi connectivity index (χ0v) is 68.7. The van der Waals surface area contributed by atoms with Gasteiger partial charge in [0.2, 0.25) is 0 Å². The molecule has 2 aliphatic heterocycles. The molecule has 8 saturated carbocycles. The molecule has 0 unspecified atom stereocenters. The molecule has 0 spiro atoms. The second-order valence-corrected chi connectivity index (χ2v) is 36.0. The van der Waals surface area contributed by atoms with E-state index in [1.165, 1.54) is 156 Å². The highest BCUT2D eigenvalue weighted by Crippen LogP contribution is 2.64. The molecule has 8 aliphatic carbocycles. The van der Waals surface area contributed by atoms with E-state index in [9.17, 15) is 0 Å². The minimum absolute atomic E-state index is 0.0785. The Balaban J connectivity index is 0.000000160. The van der Waals surface area contributed by atoms with Gasteiger partial charge in [-0.2, -0.15) is 0 Å². The number of anilines is 20. The molecule has 8 bridgehead atoms. The molecule has 10 aromatic rings. The monoisotopic (exact) mass is 1480 g/mol. The molecule has 10 aliphatic rings.